The number of aryl methyl sites for hydroxylation is 1. The summed E-state index contributed by atoms with van der Waals surface area (Å²) >= 11 is 0. The Hall–Kier alpha value is -1.02. The Morgan fingerprint density at radius 2 is 2.09 bits per heavy atom. The number of rotatable bonds is 0. The van der Waals surface area contributed by atoms with Crippen LogP contribution in [0.2, 0.25) is 0 Å². The number of hydrogen-bond acceptors (Lipinski definition) is 2. The van der Waals surface area contributed by atoms with Crippen LogP contribution in [-0.2, 0) is 6.42 Å². The van der Waals surface area contributed by atoms with E-state index in [-0.39, 0.29) is 0 Å². The van der Waals surface area contributed by atoms with E-state index in [0.717, 1.165) is 25.1 Å². The summed E-state index contributed by atoms with van der Waals surface area (Å²) in [6, 6.07) is 7.98. The molecule has 1 heterocycles. The second-order valence-corrected chi connectivity index (χ2v) is 2.86. The molecule has 2 heteroatoms. The smallest absolute Gasteiger partial charge is 0.0666 e. The van der Waals surface area contributed by atoms with Gasteiger partial charge in [0, 0.05) is 6.54 Å². The molecule has 0 saturated carbocycles. The summed E-state index contributed by atoms with van der Waals surface area (Å²) in [7, 11) is 0. The summed E-state index contributed by atoms with van der Waals surface area (Å²) in [5, 5.41) is 10.7. The predicted octanol–water partition coefficient (Wildman–Crippen LogP) is 1.83. The predicted molar refractivity (Wildman–Crippen MR) is 43.9 cm³/mol. The largest absolute Gasteiger partial charge is 0.288 e. The molecule has 1 aromatic rings. The van der Waals surface area contributed by atoms with E-state index in [1.165, 1.54) is 10.6 Å². The maximum atomic E-state index is 9.39. The first-order valence-electron chi connectivity index (χ1n) is 3.92. The van der Waals surface area contributed by atoms with Gasteiger partial charge in [-0.05, 0) is 24.5 Å². The quantitative estimate of drug-likeness (QED) is 0.608. The molecule has 1 aliphatic rings. The first-order chi connectivity index (χ1) is 5.38. The molecule has 0 unspecified atom stereocenters. The summed E-state index contributed by atoms with van der Waals surface area (Å²) in [5.41, 5.74) is 2.22. The first kappa shape index (κ1) is 6.68. The van der Waals surface area contributed by atoms with E-state index >= 15 is 0 Å². The van der Waals surface area contributed by atoms with Gasteiger partial charge in [0.1, 0.15) is 0 Å². The highest BCUT2D eigenvalue weighted by molar-refractivity contribution is 5.52. The highest BCUT2D eigenvalue weighted by Gasteiger charge is 2.12. The fourth-order valence-corrected chi connectivity index (χ4v) is 1.51. The van der Waals surface area contributed by atoms with Crippen molar-refractivity contribution in [3.05, 3.63) is 29.8 Å². The lowest BCUT2D eigenvalue weighted by Gasteiger charge is -2.24. The van der Waals surface area contributed by atoms with E-state index in [4.69, 9.17) is 0 Å². The molecule has 2 nitrogen and oxygen atoms in total. The Labute approximate surface area is 66.0 Å². The van der Waals surface area contributed by atoms with Crippen LogP contribution in [0.1, 0.15) is 12.0 Å². The number of para-hydroxylation sites is 1. The molecule has 0 spiro atoms. The molecule has 0 bridgehead atoms. The van der Waals surface area contributed by atoms with Crippen LogP contribution in [0.5, 0.6) is 0 Å². The highest BCUT2D eigenvalue weighted by atomic mass is 16.5. The normalized spacial score (nSPS) is 16.3. The Morgan fingerprint density at radius 3 is 2.91 bits per heavy atom. The Balaban J connectivity index is 2.44. The second kappa shape index (κ2) is 2.55. The average Bonchev–Trinajstić information content (AvgIpc) is 2.06. The second-order valence-electron chi connectivity index (χ2n) is 2.86. The van der Waals surface area contributed by atoms with E-state index in [2.05, 4.69) is 6.07 Å². The van der Waals surface area contributed by atoms with Crippen LogP contribution in [0.15, 0.2) is 24.3 Å². The minimum Gasteiger partial charge on any atom is -0.288 e. The Bertz CT molecular complexity index is 259. The molecular weight excluding hydrogens is 138 g/mol. The van der Waals surface area contributed by atoms with Gasteiger partial charge in [0.2, 0.25) is 0 Å². The van der Waals surface area contributed by atoms with Gasteiger partial charge in [-0.15, -0.1) is 0 Å². The standard InChI is InChI=1S/C9H11NO/c11-10-7-3-5-8-4-1-2-6-9(8)10/h1-2,4,6,11H,3,5,7H2. The molecule has 0 atom stereocenters. The van der Waals surface area contributed by atoms with Gasteiger partial charge in [0.05, 0.1) is 5.69 Å². The minimum atomic E-state index is 0.761. The summed E-state index contributed by atoms with van der Waals surface area (Å²) < 4.78 is 0. The van der Waals surface area contributed by atoms with Crippen molar-refractivity contribution in [1.29, 1.82) is 0 Å². The van der Waals surface area contributed by atoms with E-state index in [0.29, 0.717) is 0 Å². The number of anilines is 1. The molecule has 0 radical (unpaired) electrons. The molecule has 1 aliphatic heterocycles. The third kappa shape index (κ3) is 1.10. The van der Waals surface area contributed by atoms with E-state index in [1.807, 2.05) is 18.2 Å². The zero-order valence-electron chi connectivity index (χ0n) is 6.33. The van der Waals surface area contributed by atoms with Crippen molar-refractivity contribution in [2.75, 3.05) is 11.6 Å². The monoisotopic (exact) mass is 149 g/mol. The Kier molecular flexibility index (Phi) is 1.55. The lowest BCUT2D eigenvalue weighted by Crippen LogP contribution is -2.25. The van der Waals surface area contributed by atoms with Gasteiger partial charge in [0.25, 0.3) is 0 Å². The molecule has 1 N–H and O–H groups in total. The summed E-state index contributed by atoms with van der Waals surface area (Å²) in [4.78, 5) is 0. The van der Waals surface area contributed by atoms with Gasteiger partial charge in [-0.3, -0.25) is 10.3 Å². The lowest BCUT2D eigenvalue weighted by atomic mass is 10.0. The van der Waals surface area contributed by atoms with E-state index in [1.54, 1.807) is 0 Å². The van der Waals surface area contributed by atoms with Crippen molar-refractivity contribution in [2.24, 2.45) is 0 Å². The van der Waals surface area contributed by atoms with Crippen LogP contribution in [0.25, 0.3) is 0 Å². The number of nitrogens with zero attached hydrogens (tertiary/aromatic N) is 1. The molecule has 1 aromatic carbocycles. The highest BCUT2D eigenvalue weighted by Crippen LogP contribution is 2.24. The van der Waals surface area contributed by atoms with Crippen LogP contribution in [0.4, 0.5) is 5.69 Å². The fourth-order valence-electron chi connectivity index (χ4n) is 1.51. The molecule has 0 saturated heterocycles. The minimum absolute atomic E-state index is 0.761. The van der Waals surface area contributed by atoms with Crippen molar-refractivity contribution in [3.63, 3.8) is 0 Å². The van der Waals surface area contributed by atoms with Gasteiger partial charge >= 0.3 is 0 Å². The molecule has 58 valence electrons. The Morgan fingerprint density at radius 1 is 1.27 bits per heavy atom. The van der Waals surface area contributed by atoms with E-state index < -0.39 is 0 Å². The number of hydroxylamine groups is 1. The van der Waals surface area contributed by atoms with Crippen molar-refractivity contribution >= 4 is 5.69 Å². The van der Waals surface area contributed by atoms with Crippen molar-refractivity contribution in [3.8, 4) is 0 Å². The molecule has 0 aliphatic carbocycles. The zero-order chi connectivity index (χ0) is 7.68. The zero-order valence-corrected chi connectivity index (χ0v) is 6.33. The summed E-state index contributed by atoms with van der Waals surface area (Å²) in [6.45, 7) is 0.761. The maximum absolute atomic E-state index is 9.39. The SMILES string of the molecule is ON1CCCc2ccccc21. The fraction of sp³-hybridized carbons (Fsp3) is 0.333. The van der Waals surface area contributed by atoms with Gasteiger partial charge < -0.3 is 0 Å². The van der Waals surface area contributed by atoms with Crippen LogP contribution >= 0.6 is 0 Å². The lowest BCUT2D eigenvalue weighted by molar-refractivity contribution is 0.246. The van der Waals surface area contributed by atoms with Crippen molar-refractivity contribution in [1.82, 2.24) is 0 Å². The van der Waals surface area contributed by atoms with Gasteiger partial charge in [-0.2, -0.15) is 0 Å². The first-order valence-corrected chi connectivity index (χ1v) is 3.92. The van der Waals surface area contributed by atoms with E-state index in [9.17, 15) is 5.21 Å². The molecule has 2 rings (SSSR count). The van der Waals surface area contributed by atoms with Crippen LogP contribution in [-0.4, -0.2) is 11.8 Å². The number of benzene rings is 1. The maximum Gasteiger partial charge on any atom is 0.0666 e. The van der Waals surface area contributed by atoms with Gasteiger partial charge in [-0.1, -0.05) is 18.2 Å². The van der Waals surface area contributed by atoms with Gasteiger partial charge in [-0.25, -0.2) is 0 Å². The van der Waals surface area contributed by atoms with Crippen LogP contribution < -0.4 is 5.06 Å². The molecule has 0 fully saturated rings. The summed E-state index contributed by atoms with van der Waals surface area (Å²) in [6.07, 6.45) is 2.14. The van der Waals surface area contributed by atoms with Crippen LogP contribution in [0.3, 0.4) is 0 Å². The van der Waals surface area contributed by atoms with Crippen molar-refractivity contribution < 1.29 is 5.21 Å². The van der Waals surface area contributed by atoms with Gasteiger partial charge in [0.15, 0.2) is 0 Å². The molecular formula is C9H11NO. The molecule has 0 amide bonds. The topological polar surface area (TPSA) is 23.5 Å². The molecule has 11 heavy (non-hydrogen) atoms. The third-order valence-corrected chi connectivity index (χ3v) is 2.09. The summed E-state index contributed by atoms with van der Waals surface area (Å²) in [5.74, 6) is 0. The van der Waals surface area contributed by atoms with Crippen molar-refractivity contribution in [2.45, 2.75) is 12.8 Å². The third-order valence-electron chi connectivity index (χ3n) is 2.09. The average molecular weight is 149 g/mol. The number of fused-ring (bicyclic) bond motifs is 1. The number of hydrogen-bond donors (Lipinski definition) is 1. The molecule has 0 aromatic heterocycles. The van der Waals surface area contributed by atoms with Crippen LogP contribution in [0, 0.1) is 0 Å².